The van der Waals surface area contributed by atoms with Gasteiger partial charge < -0.3 is 23.5 Å². The predicted octanol–water partition coefficient (Wildman–Crippen LogP) is 3.14. The Morgan fingerprint density at radius 1 is 0.867 bits per heavy atom. The second-order valence-corrected chi connectivity index (χ2v) is 7.27. The number of nitrogens with zero attached hydrogens (tertiary/aromatic N) is 2. The van der Waals surface area contributed by atoms with Gasteiger partial charge in [0.25, 0.3) is 0 Å². The number of fused-ring (bicyclic) bond motifs is 1. The van der Waals surface area contributed by atoms with Crippen LogP contribution >= 0.6 is 0 Å². The van der Waals surface area contributed by atoms with Gasteiger partial charge in [0, 0.05) is 62.0 Å². The number of ether oxygens (including phenoxy) is 3. The van der Waals surface area contributed by atoms with Crippen molar-refractivity contribution in [3.8, 4) is 17.2 Å². The van der Waals surface area contributed by atoms with E-state index < -0.39 is 0 Å². The van der Waals surface area contributed by atoms with E-state index in [2.05, 4.69) is 15.9 Å². The number of methoxy groups -OCH3 is 3. The van der Waals surface area contributed by atoms with E-state index in [1.807, 2.05) is 30.3 Å². The average molecular weight is 410 g/mol. The van der Waals surface area contributed by atoms with Crippen molar-refractivity contribution in [1.82, 2.24) is 4.90 Å². The first-order valence-corrected chi connectivity index (χ1v) is 9.91. The second kappa shape index (κ2) is 8.67. The lowest BCUT2D eigenvalue weighted by molar-refractivity contribution is 0.249. The number of piperazine rings is 1. The normalized spacial score (nSPS) is 14.7. The molecule has 0 N–H and O–H groups in total. The van der Waals surface area contributed by atoms with Gasteiger partial charge >= 0.3 is 5.63 Å². The Kier molecular flexibility index (Phi) is 5.81. The molecule has 4 rings (SSSR count). The number of anilines is 1. The third-order valence-corrected chi connectivity index (χ3v) is 5.48. The highest BCUT2D eigenvalue weighted by molar-refractivity contribution is 5.77. The van der Waals surface area contributed by atoms with Crippen LogP contribution in [0.2, 0.25) is 0 Å². The summed E-state index contributed by atoms with van der Waals surface area (Å²) in [6.07, 6.45) is 0. The van der Waals surface area contributed by atoms with Crippen LogP contribution in [0.4, 0.5) is 5.69 Å². The standard InChI is InChI=1S/C23H26N2O5/c1-27-20-13-18(14-21(28-2)23(20)29-3)25-10-8-24(9-11-25)15-16-4-6-19-17(12-16)5-7-22(26)30-19/h4-7,12-14H,8-11,15H2,1-3H3. The number of hydrogen-bond acceptors (Lipinski definition) is 7. The highest BCUT2D eigenvalue weighted by atomic mass is 16.5. The number of rotatable bonds is 6. The van der Waals surface area contributed by atoms with Crippen LogP contribution in [0, 0.1) is 0 Å². The summed E-state index contributed by atoms with van der Waals surface area (Å²) in [4.78, 5) is 16.1. The third kappa shape index (κ3) is 4.07. The Hall–Kier alpha value is -3.19. The fourth-order valence-electron chi connectivity index (χ4n) is 3.89. The molecule has 0 bridgehead atoms. The average Bonchev–Trinajstić information content (AvgIpc) is 2.78. The zero-order valence-corrected chi connectivity index (χ0v) is 17.5. The first-order chi connectivity index (χ1) is 14.6. The van der Waals surface area contributed by atoms with Crippen molar-refractivity contribution in [2.75, 3.05) is 52.4 Å². The maximum Gasteiger partial charge on any atom is 0.336 e. The number of benzene rings is 2. The molecule has 1 aromatic heterocycles. The molecule has 0 amide bonds. The molecular formula is C23H26N2O5. The van der Waals surface area contributed by atoms with Gasteiger partial charge in [-0.15, -0.1) is 0 Å². The van der Waals surface area contributed by atoms with E-state index in [4.69, 9.17) is 18.6 Å². The van der Waals surface area contributed by atoms with Crippen LogP contribution in [0.15, 0.2) is 51.7 Å². The minimum Gasteiger partial charge on any atom is -0.493 e. The Bertz CT molecular complexity index is 1060. The van der Waals surface area contributed by atoms with Crippen LogP contribution in [0.1, 0.15) is 5.56 Å². The molecule has 0 atom stereocenters. The molecule has 158 valence electrons. The summed E-state index contributed by atoms with van der Waals surface area (Å²) < 4.78 is 21.6. The second-order valence-electron chi connectivity index (χ2n) is 7.27. The van der Waals surface area contributed by atoms with Crippen LogP contribution in [-0.4, -0.2) is 52.4 Å². The summed E-state index contributed by atoms with van der Waals surface area (Å²) in [6.45, 7) is 4.55. The molecular weight excluding hydrogens is 384 g/mol. The van der Waals surface area contributed by atoms with Crippen LogP contribution < -0.4 is 24.7 Å². The van der Waals surface area contributed by atoms with Gasteiger partial charge in [-0.2, -0.15) is 0 Å². The summed E-state index contributed by atoms with van der Waals surface area (Å²) in [6, 6.07) is 13.2. The van der Waals surface area contributed by atoms with Gasteiger partial charge in [-0.25, -0.2) is 4.79 Å². The van der Waals surface area contributed by atoms with E-state index in [9.17, 15) is 4.79 Å². The van der Waals surface area contributed by atoms with Crippen LogP contribution in [-0.2, 0) is 6.54 Å². The van der Waals surface area contributed by atoms with Gasteiger partial charge in [-0.1, -0.05) is 6.07 Å². The topological polar surface area (TPSA) is 64.4 Å². The molecule has 2 heterocycles. The molecule has 7 heteroatoms. The molecule has 0 unspecified atom stereocenters. The van der Waals surface area contributed by atoms with Crippen molar-refractivity contribution in [3.63, 3.8) is 0 Å². The van der Waals surface area contributed by atoms with Gasteiger partial charge in [0.1, 0.15) is 5.58 Å². The van der Waals surface area contributed by atoms with Gasteiger partial charge in [0.05, 0.1) is 21.3 Å². The molecule has 1 aliphatic heterocycles. The van der Waals surface area contributed by atoms with Gasteiger partial charge in [-0.05, 0) is 23.8 Å². The molecule has 3 aromatic rings. The van der Waals surface area contributed by atoms with Gasteiger partial charge in [-0.3, -0.25) is 4.90 Å². The van der Waals surface area contributed by atoms with Crippen molar-refractivity contribution in [2.45, 2.75) is 6.54 Å². The molecule has 1 aliphatic rings. The molecule has 0 aliphatic carbocycles. The highest BCUT2D eigenvalue weighted by Gasteiger charge is 2.21. The van der Waals surface area contributed by atoms with E-state index in [1.165, 1.54) is 11.6 Å². The quantitative estimate of drug-likeness (QED) is 0.579. The third-order valence-electron chi connectivity index (χ3n) is 5.48. The summed E-state index contributed by atoms with van der Waals surface area (Å²) in [5.41, 5.74) is 2.57. The Morgan fingerprint density at radius 2 is 1.57 bits per heavy atom. The predicted molar refractivity (Wildman–Crippen MR) is 116 cm³/mol. The first kappa shape index (κ1) is 20.1. The fraction of sp³-hybridized carbons (Fsp3) is 0.348. The van der Waals surface area contributed by atoms with Crippen molar-refractivity contribution < 1.29 is 18.6 Å². The smallest absolute Gasteiger partial charge is 0.336 e. The van der Waals surface area contributed by atoms with E-state index in [1.54, 1.807) is 21.3 Å². The minimum atomic E-state index is -0.321. The lowest BCUT2D eigenvalue weighted by atomic mass is 10.1. The zero-order valence-electron chi connectivity index (χ0n) is 17.5. The highest BCUT2D eigenvalue weighted by Crippen LogP contribution is 2.41. The maximum absolute atomic E-state index is 11.3. The largest absolute Gasteiger partial charge is 0.493 e. The molecule has 0 saturated carbocycles. The molecule has 1 saturated heterocycles. The molecule has 7 nitrogen and oxygen atoms in total. The Balaban J connectivity index is 1.44. The van der Waals surface area contributed by atoms with E-state index >= 15 is 0 Å². The van der Waals surface area contributed by atoms with Crippen LogP contribution in [0.25, 0.3) is 11.0 Å². The fourth-order valence-corrected chi connectivity index (χ4v) is 3.89. The Labute approximate surface area is 175 Å². The molecule has 1 fully saturated rings. The van der Waals surface area contributed by atoms with E-state index in [0.717, 1.165) is 43.8 Å². The molecule has 30 heavy (non-hydrogen) atoms. The summed E-state index contributed by atoms with van der Waals surface area (Å²) in [5, 5.41) is 0.947. The van der Waals surface area contributed by atoms with Crippen LogP contribution in [0.3, 0.4) is 0 Å². The SMILES string of the molecule is COc1cc(N2CCN(Cc3ccc4oc(=O)ccc4c3)CC2)cc(OC)c1OC. The van der Waals surface area contributed by atoms with E-state index in [0.29, 0.717) is 22.8 Å². The van der Waals surface area contributed by atoms with Crippen molar-refractivity contribution in [2.24, 2.45) is 0 Å². The van der Waals surface area contributed by atoms with Gasteiger partial charge in [0.15, 0.2) is 11.5 Å². The van der Waals surface area contributed by atoms with Crippen molar-refractivity contribution in [1.29, 1.82) is 0 Å². The van der Waals surface area contributed by atoms with Crippen LogP contribution in [0.5, 0.6) is 17.2 Å². The maximum atomic E-state index is 11.3. The Morgan fingerprint density at radius 3 is 2.20 bits per heavy atom. The van der Waals surface area contributed by atoms with Crippen molar-refractivity contribution in [3.05, 3.63) is 58.4 Å². The summed E-state index contributed by atoms with van der Waals surface area (Å²) >= 11 is 0. The minimum absolute atomic E-state index is 0.321. The lowest BCUT2D eigenvalue weighted by Crippen LogP contribution is -2.46. The number of hydrogen-bond donors (Lipinski definition) is 0. The molecule has 2 aromatic carbocycles. The zero-order chi connectivity index (χ0) is 21.1. The molecule has 0 radical (unpaired) electrons. The molecule has 0 spiro atoms. The van der Waals surface area contributed by atoms with Crippen molar-refractivity contribution >= 4 is 16.7 Å². The first-order valence-electron chi connectivity index (χ1n) is 9.91. The van der Waals surface area contributed by atoms with Gasteiger partial charge in [0.2, 0.25) is 5.75 Å². The van der Waals surface area contributed by atoms with E-state index in [-0.39, 0.29) is 5.63 Å². The summed E-state index contributed by atoms with van der Waals surface area (Å²) in [5.74, 6) is 1.93. The summed E-state index contributed by atoms with van der Waals surface area (Å²) in [7, 11) is 4.88. The lowest BCUT2D eigenvalue weighted by Gasteiger charge is -2.36. The monoisotopic (exact) mass is 410 g/mol.